The minimum Gasteiger partial charge on any atom is -0.466 e. The molecule has 0 aliphatic carbocycles. The lowest BCUT2D eigenvalue weighted by molar-refractivity contribution is -0.143. The molecule has 0 rings (SSSR count). The SMILES string of the molecule is CCCOC(=O)CCCCCCCC=O. The van der Waals surface area contributed by atoms with Gasteiger partial charge in [0.1, 0.15) is 6.29 Å². The Labute approximate surface area is 92.2 Å². The molecule has 0 unspecified atom stereocenters. The molecule has 15 heavy (non-hydrogen) atoms. The topological polar surface area (TPSA) is 43.4 Å². The van der Waals surface area contributed by atoms with Gasteiger partial charge in [-0.2, -0.15) is 0 Å². The Hall–Kier alpha value is -0.860. The van der Waals surface area contributed by atoms with Crippen LogP contribution in [-0.2, 0) is 14.3 Å². The molecule has 0 aromatic rings. The van der Waals surface area contributed by atoms with Crippen molar-refractivity contribution in [2.45, 2.75) is 58.3 Å². The van der Waals surface area contributed by atoms with Crippen molar-refractivity contribution in [3.63, 3.8) is 0 Å². The van der Waals surface area contributed by atoms with Crippen molar-refractivity contribution >= 4 is 12.3 Å². The van der Waals surface area contributed by atoms with Crippen LogP contribution < -0.4 is 0 Å². The van der Waals surface area contributed by atoms with Crippen LogP contribution in [0.15, 0.2) is 0 Å². The lowest BCUT2D eigenvalue weighted by Gasteiger charge is -2.02. The third-order valence-corrected chi connectivity index (χ3v) is 2.17. The van der Waals surface area contributed by atoms with E-state index in [4.69, 9.17) is 4.74 Å². The predicted molar refractivity (Wildman–Crippen MR) is 59.6 cm³/mol. The second-order valence-corrected chi connectivity index (χ2v) is 3.69. The van der Waals surface area contributed by atoms with E-state index in [1.54, 1.807) is 0 Å². The quantitative estimate of drug-likeness (QED) is 0.319. The highest BCUT2D eigenvalue weighted by Gasteiger charge is 2.00. The number of carbonyl (C=O) groups is 2. The fourth-order valence-electron chi connectivity index (χ4n) is 1.32. The monoisotopic (exact) mass is 214 g/mol. The van der Waals surface area contributed by atoms with Gasteiger partial charge in [-0.15, -0.1) is 0 Å². The van der Waals surface area contributed by atoms with E-state index >= 15 is 0 Å². The standard InChI is InChI=1S/C12H22O3/c1-2-11-15-12(14)9-7-5-3-4-6-8-10-13/h10H,2-9,11H2,1H3. The highest BCUT2D eigenvalue weighted by molar-refractivity contribution is 5.69. The molecule has 3 nitrogen and oxygen atoms in total. The van der Waals surface area contributed by atoms with E-state index in [0.29, 0.717) is 19.4 Å². The normalized spacial score (nSPS) is 9.93. The molecule has 0 aromatic carbocycles. The number of rotatable bonds is 10. The molecular weight excluding hydrogens is 192 g/mol. The third-order valence-electron chi connectivity index (χ3n) is 2.17. The summed E-state index contributed by atoms with van der Waals surface area (Å²) in [5, 5.41) is 0. The maximum Gasteiger partial charge on any atom is 0.305 e. The Balaban J connectivity index is 3.09. The summed E-state index contributed by atoms with van der Waals surface area (Å²) in [7, 11) is 0. The van der Waals surface area contributed by atoms with Crippen LogP contribution in [0.3, 0.4) is 0 Å². The second kappa shape index (κ2) is 11.2. The number of ether oxygens (including phenoxy) is 1. The van der Waals surface area contributed by atoms with E-state index in [0.717, 1.165) is 44.8 Å². The summed E-state index contributed by atoms with van der Waals surface area (Å²) in [6, 6.07) is 0. The van der Waals surface area contributed by atoms with Gasteiger partial charge in [0.25, 0.3) is 0 Å². The summed E-state index contributed by atoms with van der Waals surface area (Å²) in [4.78, 5) is 21.1. The largest absolute Gasteiger partial charge is 0.466 e. The molecule has 3 heteroatoms. The maximum absolute atomic E-state index is 11.1. The van der Waals surface area contributed by atoms with Crippen molar-refractivity contribution in [3.05, 3.63) is 0 Å². The summed E-state index contributed by atoms with van der Waals surface area (Å²) >= 11 is 0. The van der Waals surface area contributed by atoms with Crippen LogP contribution in [0, 0.1) is 0 Å². The van der Waals surface area contributed by atoms with E-state index in [-0.39, 0.29) is 5.97 Å². The zero-order valence-corrected chi connectivity index (χ0v) is 9.67. The number of carbonyl (C=O) groups excluding carboxylic acids is 2. The summed E-state index contributed by atoms with van der Waals surface area (Å²) in [6.07, 6.45) is 8.18. The Morgan fingerprint density at radius 1 is 1.13 bits per heavy atom. The number of hydrogen-bond donors (Lipinski definition) is 0. The average Bonchev–Trinajstić information content (AvgIpc) is 2.25. The zero-order chi connectivity index (χ0) is 11.4. The third kappa shape index (κ3) is 11.1. The average molecular weight is 214 g/mol. The van der Waals surface area contributed by atoms with E-state index < -0.39 is 0 Å². The molecule has 0 spiro atoms. The van der Waals surface area contributed by atoms with Crippen LogP contribution in [0.5, 0.6) is 0 Å². The Morgan fingerprint density at radius 3 is 2.47 bits per heavy atom. The first-order valence-electron chi connectivity index (χ1n) is 5.90. The Kier molecular flexibility index (Phi) is 10.6. The van der Waals surface area contributed by atoms with E-state index in [1.165, 1.54) is 0 Å². The van der Waals surface area contributed by atoms with Gasteiger partial charge < -0.3 is 9.53 Å². The van der Waals surface area contributed by atoms with Crippen LogP contribution in [0.2, 0.25) is 0 Å². The minimum absolute atomic E-state index is 0.0789. The second-order valence-electron chi connectivity index (χ2n) is 3.69. The van der Waals surface area contributed by atoms with Crippen LogP contribution in [-0.4, -0.2) is 18.9 Å². The van der Waals surface area contributed by atoms with Crippen LogP contribution in [0.25, 0.3) is 0 Å². The smallest absolute Gasteiger partial charge is 0.305 e. The molecule has 0 amide bonds. The molecule has 0 aromatic heterocycles. The molecule has 0 radical (unpaired) electrons. The number of aldehydes is 1. The lowest BCUT2D eigenvalue weighted by atomic mass is 10.1. The van der Waals surface area contributed by atoms with E-state index in [1.807, 2.05) is 6.92 Å². The first-order chi connectivity index (χ1) is 7.31. The first kappa shape index (κ1) is 14.1. The van der Waals surface area contributed by atoms with Crippen LogP contribution >= 0.6 is 0 Å². The molecule has 0 saturated heterocycles. The van der Waals surface area contributed by atoms with Gasteiger partial charge in [-0.1, -0.05) is 26.2 Å². The molecule has 0 heterocycles. The van der Waals surface area contributed by atoms with Crippen LogP contribution in [0.4, 0.5) is 0 Å². The molecule has 0 N–H and O–H groups in total. The maximum atomic E-state index is 11.1. The van der Waals surface area contributed by atoms with Gasteiger partial charge in [-0.25, -0.2) is 0 Å². The minimum atomic E-state index is -0.0789. The summed E-state index contributed by atoms with van der Waals surface area (Å²) in [6.45, 7) is 2.53. The lowest BCUT2D eigenvalue weighted by Crippen LogP contribution is -2.04. The fourth-order valence-corrected chi connectivity index (χ4v) is 1.32. The molecular formula is C12H22O3. The van der Waals surface area contributed by atoms with Crippen molar-refractivity contribution in [1.29, 1.82) is 0 Å². The molecule has 0 bridgehead atoms. The molecule has 0 fully saturated rings. The number of hydrogen-bond acceptors (Lipinski definition) is 3. The van der Waals surface area contributed by atoms with Crippen molar-refractivity contribution in [2.75, 3.05) is 6.61 Å². The summed E-state index contributed by atoms with van der Waals surface area (Å²) in [5.41, 5.74) is 0. The molecule has 0 aliphatic rings. The number of unbranched alkanes of at least 4 members (excludes halogenated alkanes) is 5. The Bertz CT molecular complexity index is 166. The van der Waals surface area contributed by atoms with Gasteiger partial charge in [0.15, 0.2) is 0 Å². The Morgan fingerprint density at radius 2 is 1.80 bits per heavy atom. The highest BCUT2D eigenvalue weighted by Crippen LogP contribution is 2.07. The summed E-state index contributed by atoms with van der Waals surface area (Å²) in [5.74, 6) is -0.0789. The molecule has 0 aliphatic heterocycles. The van der Waals surface area contributed by atoms with Crippen molar-refractivity contribution in [3.8, 4) is 0 Å². The zero-order valence-electron chi connectivity index (χ0n) is 9.67. The van der Waals surface area contributed by atoms with Crippen LogP contribution in [0.1, 0.15) is 58.3 Å². The van der Waals surface area contributed by atoms with Gasteiger partial charge in [-0.3, -0.25) is 4.79 Å². The fraction of sp³-hybridized carbons (Fsp3) is 0.833. The van der Waals surface area contributed by atoms with Crippen molar-refractivity contribution < 1.29 is 14.3 Å². The molecule has 88 valence electrons. The predicted octanol–water partition coefficient (Wildman–Crippen LogP) is 2.87. The summed E-state index contributed by atoms with van der Waals surface area (Å²) < 4.78 is 4.95. The van der Waals surface area contributed by atoms with E-state index in [2.05, 4.69) is 0 Å². The number of esters is 1. The molecule has 0 atom stereocenters. The highest BCUT2D eigenvalue weighted by atomic mass is 16.5. The first-order valence-corrected chi connectivity index (χ1v) is 5.90. The van der Waals surface area contributed by atoms with Gasteiger partial charge in [0.2, 0.25) is 0 Å². The van der Waals surface area contributed by atoms with Gasteiger partial charge >= 0.3 is 5.97 Å². The van der Waals surface area contributed by atoms with Crippen molar-refractivity contribution in [2.24, 2.45) is 0 Å². The van der Waals surface area contributed by atoms with Crippen molar-refractivity contribution in [1.82, 2.24) is 0 Å². The van der Waals surface area contributed by atoms with Gasteiger partial charge in [0, 0.05) is 12.8 Å². The van der Waals surface area contributed by atoms with Gasteiger partial charge in [0.05, 0.1) is 6.61 Å². The molecule has 0 saturated carbocycles. The van der Waals surface area contributed by atoms with E-state index in [9.17, 15) is 9.59 Å². The van der Waals surface area contributed by atoms with Gasteiger partial charge in [-0.05, 0) is 19.3 Å².